The van der Waals surface area contributed by atoms with E-state index < -0.39 is 0 Å². The zero-order valence-electron chi connectivity index (χ0n) is 11.8. The van der Waals surface area contributed by atoms with Crippen molar-refractivity contribution in [3.63, 3.8) is 0 Å². The lowest BCUT2D eigenvalue weighted by Crippen LogP contribution is -2.08. The molecule has 1 atom stereocenters. The molecule has 0 bridgehead atoms. The van der Waals surface area contributed by atoms with Crippen molar-refractivity contribution in [2.45, 2.75) is 39.2 Å². The number of aromatic nitrogens is 2. The molecule has 2 nitrogen and oxygen atoms in total. The number of aryl methyl sites for hydroxylation is 1. The fourth-order valence-corrected chi connectivity index (χ4v) is 2.90. The maximum Gasteiger partial charge on any atom is 0.0631 e. The van der Waals surface area contributed by atoms with Crippen LogP contribution in [0.4, 0.5) is 0 Å². The SMILES string of the molecule is Cc1ccccc1C(CBr)Cc1ccn(C(C)C)n1. The van der Waals surface area contributed by atoms with E-state index in [1.165, 1.54) is 16.8 Å². The number of benzene rings is 1. The molecule has 0 fully saturated rings. The van der Waals surface area contributed by atoms with Crippen molar-refractivity contribution >= 4 is 15.9 Å². The predicted molar refractivity (Wildman–Crippen MR) is 84.0 cm³/mol. The lowest BCUT2D eigenvalue weighted by Gasteiger charge is -2.16. The Labute approximate surface area is 124 Å². The molecular weight excluding hydrogens is 300 g/mol. The van der Waals surface area contributed by atoms with Gasteiger partial charge in [0.15, 0.2) is 0 Å². The highest BCUT2D eigenvalue weighted by Crippen LogP contribution is 2.25. The van der Waals surface area contributed by atoms with Crippen LogP contribution in [0.25, 0.3) is 0 Å². The van der Waals surface area contributed by atoms with Gasteiger partial charge in [0, 0.05) is 17.6 Å². The van der Waals surface area contributed by atoms with Gasteiger partial charge in [-0.15, -0.1) is 0 Å². The highest BCUT2D eigenvalue weighted by atomic mass is 79.9. The molecular formula is C16H21BrN2. The van der Waals surface area contributed by atoms with Gasteiger partial charge in [-0.2, -0.15) is 5.10 Å². The summed E-state index contributed by atoms with van der Waals surface area (Å²) >= 11 is 3.65. The first-order chi connectivity index (χ1) is 9.11. The van der Waals surface area contributed by atoms with Crippen LogP contribution in [0, 0.1) is 6.92 Å². The first-order valence-electron chi connectivity index (χ1n) is 6.77. The Balaban J connectivity index is 2.17. The minimum atomic E-state index is 0.426. The minimum Gasteiger partial charge on any atom is -0.270 e. The first kappa shape index (κ1) is 14.3. The van der Waals surface area contributed by atoms with E-state index in [1.807, 2.05) is 4.68 Å². The van der Waals surface area contributed by atoms with Gasteiger partial charge >= 0.3 is 0 Å². The van der Waals surface area contributed by atoms with Gasteiger partial charge in [0.2, 0.25) is 0 Å². The van der Waals surface area contributed by atoms with Crippen molar-refractivity contribution < 1.29 is 0 Å². The Hall–Kier alpha value is -1.09. The second kappa shape index (κ2) is 6.38. The summed E-state index contributed by atoms with van der Waals surface area (Å²) in [6.07, 6.45) is 3.05. The van der Waals surface area contributed by atoms with Gasteiger partial charge in [-0.25, -0.2) is 0 Å². The van der Waals surface area contributed by atoms with E-state index in [1.54, 1.807) is 0 Å². The molecule has 0 N–H and O–H groups in total. The number of nitrogens with zero attached hydrogens (tertiary/aromatic N) is 2. The zero-order valence-corrected chi connectivity index (χ0v) is 13.4. The van der Waals surface area contributed by atoms with E-state index >= 15 is 0 Å². The molecule has 1 aromatic heterocycles. The lowest BCUT2D eigenvalue weighted by molar-refractivity contribution is 0.524. The number of rotatable bonds is 5. The summed E-state index contributed by atoms with van der Waals surface area (Å²) < 4.78 is 2.03. The smallest absolute Gasteiger partial charge is 0.0631 e. The van der Waals surface area contributed by atoms with Crippen LogP contribution in [0.5, 0.6) is 0 Å². The Morgan fingerprint density at radius 1 is 1.21 bits per heavy atom. The van der Waals surface area contributed by atoms with Crippen LogP contribution < -0.4 is 0 Å². The number of hydrogen-bond acceptors (Lipinski definition) is 1. The highest BCUT2D eigenvalue weighted by Gasteiger charge is 2.15. The molecule has 19 heavy (non-hydrogen) atoms. The molecule has 0 amide bonds. The van der Waals surface area contributed by atoms with E-state index in [0.717, 1.165) is 11.8 Å². The molecule has 1 unspecified atom stereocenters. The van der Waals surface area contributed by atoms with Crippen LogP contribution >= 0.6 is 15.9 Å². The molecule has 2 aromatic rings. The third kappa shape index (κ3) is 3.47. The number of alkyl halides is 1. The Kier molecular flexibility index (Phi) is 4.81. The zero-order chi connectivity index (χ0) is 13.8. The van der Waals surface area contributed by atoms with Crippen LogP contribution in [0.2, 0.25) is 0 Å². The molecule has 102 valence electrons. The van der Waals surface area contributed by atoms with E-state index in [0.29, 0.717) is 12.0 Å². The maximum atomic E-state index is 4.65. The van der Waals surface area contributed by atoms with Crippen molar-refractivity contribution in [3.05, 3.63) is 53.3 Å². The van der Waals surface area contributed by atoms with Gasteiger partial charge in [-0.05, 0) is 50.3 Å². The van der Waals surface area contributed by atoms with Crippen LogP contribution in [-0.2, 0) is 6.42 Å². The maximum absolute atomic E-state index is 4.65. The second-order valence-electron chi connectivity index (χ2n) is 5.29. The predicted octanol–water partition coefficient (Wildman–Crippen LogP) is 4.49. The molecule has 1 aromatic carbocycles. The first-order valence-corrected chi connectivity index (χ1v) is 7.89. The van der Waals surface area contributed by atoms with Gasteiger partial charge in [-0.3, -0.25) is 4.68 Å². The monoisotopic (exact) mass is 320 g/mol. The summed E-state index contributed by atoms with van der Waals surface area (Å²) in [6, 6.07) is 11.2. The van der Waals surface area contributed by atoms with Gasteiger partial charge in [0.1, 0.15) is 0 Å². The van der Waals surface area contributed by atoms with Gasteiger partial charge in [0.05, 0.1) is 5.69 Å². The van der Waals surface area contributed by atoms with Gasteiger partial charge in [0.25, 0.3) is 0 Å². The fraction of sp³-hybridized carbons (Fsp3) is 0.438. The molecule has 0 aliphatic rings. The summed E-state index contributed by atoms with van der Waals surface area (Å²) in [7, 11) is 0. The van der Waals surface area contributed by atoms with E-state index in [9.17, 15) is 0 Å². The largest absolute Gasteiger partial charge is 0.270 e. The van der Waals surface area contributed by atoms with Crippen LogP contribution in [0.3, 0.4) is 0 Å². The van der Waals surface area contributed by atoms with E-state index in [4.69, 9.17) is 0 Å². The molecule has 0 aliphatic carbocycles. The van der Waals surface area contributed by atoms with Crippen molar-refractivity contribution in [3.8, 4) is 0 Å². The fourth-order valence-electron chi connectivity index (χ4n) is 2.32. The van der Waals surface area contributed by atoms with Crippen molar-refractivity contribution in [1.29, 1.82) is 0 Å². The molecule has 0 aliphatic heterocycles. The Morgan fingerprint density at radius 3 is 2.53 bits per heavy atom. The summed E-state index contributed by atoms with van der Waals surface area (Å²) in [5.41, 5.74) is 3.94. The minimum absolute atomic E-state index is 0.426. The quantitative estimate of drug-likeness (QED) is 0.742. The normalized spacial score (nSPS) is 12.9. The third-order valence-electron chi connectivity index (χ3n) is 3.46. The Bertz CT molecular complexity index is 531. The summed E-state index contributed by atoms with van der Waals surface area (Å²) in [6.45, 7) is 6.48. The average Bonchev–Trinajstić information content (AvgIpc) is 2.86. The van der Waals surface area contributed by atoms with Crippen LogP contribution in [0.1, 0.15) is 42.6 Å². The molecule has 0 spiro atoms. The highest BCUT2D eigenvalue weighted by molar-refractivity contribution is 9.09. The molecule has 1 heterocycles. The number of hydrogen-bond donors (Lipinski definition) is 0. The molecule has 0 radical (unpaired) electrons. The Morgan fingerprint density at radius 2 is 1.95 bits per heavy atom. The second-order valence-corrected chi connectivity index (χ2v) is 5.94. The van der Waals surface area contributed by atoms with Crippen molar-refractivity contribution in [2.24, 2.45) is 0 Å². The third-order valence-corrected chi connectivity index (χ3v) is 4.24. The van der Waals surface area contributed by atoms with Crippen molar-refractivity contribution in [2.75, 3.05) is 5.33 Å². The molecule has 2 rings (SSSR count). The average molecular weight is 321 g/mol. The lowest BCUT2D eigenvalue weighted by atomic mass is 9.93. The molecule has 3 heteroatoms. The van der Waals surface area contributed by atoms with Crippen LogP contribution in [-0.4, -0.2) is 15.1 Å². The van der Waals surface area contributed by atoms with Gasteiger partial charge in [-0.1, -0.05) is 40.2 Å². The van der Waals surface area contributed by atoms with E-state index in [2.05, 4.69) is 78.3 Å². The summed E-state index contributed by atoms with van der Waals surface area (Å²) in [4.78, 5) is 0. The van der Waals surface area contributed by atoms with E-state index in [-0.39, 0.29) is 0 Å². The van der Waals surface area contributed by atoms with Crippen molar-refractivity contribution in [1.82, 2.24) is 9.78 Å². The van der Waals surface area contributed by atoms with Crippen LogP contribution in [0.15, 0.2) is 36.5 Å². The molecule has 0 saturated carbocycles. The topological polar surface area (TPSA) is 17.8 Å². The summed E-state index contributed by atoms with van der Waals surface area (Å²) in [5, 5.41) is 5.61. The summed E-state index contributed by atoms with van der Waals surface area (Å²) in [5.74, 6) is 0.483. The van der Waals surface area contributed by atoms with Gasteiger partial charge < -0.3 is 0 Å². The molecule has 0 saturated heterocycles. The standard InChI is InChI=1S/C16H21BrN2/c1-12(2)19-9-8-15(18-19)10-14(11-17)16-7-5-4-6-13(16)3/h4-9,12,14H,10-11H2,1-3H3. The number of halogens is 1.